The Labute approximate surface area is 196 Å². The number of benzene rings is 2. The van der Waals surface area contributed by atoms with Crippen LogP contribution in [0.1, 0.15) is 24.5 Å². The number of ether oxygens (including phenoxy) is 3. The summed E-state index contributed by atoms with van der Waals surface area (Å²) in [5.74, 6) is 2.53. The first-order valence-corrected chi connectivity index (χ1v) is 10.3. The van der Waals surface area contributed by atoms with Gasteiger partial charge in [-0.1, -0.05) is 30.3 Å². The zero-order chi connectivity index (χ0) is 20.3. The molecule has 1 aliphatic rings. The molecule has 0 amide bonds. The first-order valence-electron chi connectivity index (χ1n) is 10.3. The molecule has 1 atom stereocenters. The number of para-hydroxylation sites is 1. The summed E-state index contributed by atoms with van der Waals surface area (Å²) in [6.45, 7) is 8.11. The highest BCUT2D eigenvalue weighted by molar-refractivity contribution is 14.0. The van der Waals surface area contributed by atoms with Gasteiger partial charge in [0.1, 0.15) is 24.2 Å². The normalized spacial score (nSPS) is 15.9. The SMILES string of the molecule is CCNC(=NCc1ccc(C)cc1OC1CCOC1)NCCOc1ccccc1.I. The van der Waals surface area contributed by atoms with Gasteiger partial charge in [-0.25, -0.2) is 4.99 Å². The second-order valence-corrected chi connectivity index (χ2v) is 7.00. The largest absolute Gasteiger partial charge is 0.492 e. The van der Waals surface area contributed by atoms with Crippen LogP contribution >= 0.6 is 24.0 Å². The Hall–Kier alpha value is -2.00. The summed E-state index contributed by atoms with van der Waals surface area (Å²) in [7, 11) is 0. The number of aliphatic imine (C=N–C) groups is 1. The fraction of sp³-hybridized carbons (Fsp3) is 0.435. The maximum absolute atomic E-state index is 6.17. The molecule has 1 saturated heterocycles. The lowest BCUT2D eigenvalue weighted by molar-refractivity contribution is 0.140. The van der Waals surface area contributed by atoms with Gasteiger partial charge in [-0.3, -0.25) is 0 Å². The third-order valence-corrected chi connectivity index (χ3v) is 4.56. The summed E-state index contributed by atoms with van der Waals surface area (Å²) in [6, 6.07) is 16.1. The number of aryl methyl sites for hydroxylation is 1. The number of rotatable bonds is 9. The number of hydrogen-bond acceptors (Lipinski definition) is 4. The van der Waals surface area contributed by atoms with Crippen molar-refractivity contribution in [2.24, 2.45) is 4.99 Å². The molecular formula is C23H32IN3O3. The van der Waals surface area contributed by atoms with Gasteiger partial charge in [-0.2, -0.15) is 0 Å². The minimum atomic E-state index is 0. The van der Waals surface area contributed by atoms with Crippen LogP contribution < -0.4 is 20.1 Å². The van der Waals surface area contributed by atoms with E-state index in [9.17, 15) is 0 Å². The summed E-state index contributed by atoms with van der Waals surface area (Å²) >= 11 is 0. The quantitative estimate of drug-likeness (QED) is 0.225. The van der Waals surface area contributed by atoms with Gasteiger partial charge in [-0.15, -0.1) is 24.0 Å². The third kappa shape index (κ3) is 8.02. The Balaban J connectivity index is 0.00000320. The molecule has 0 aromatic heterocycles. The zero-order valence-electron chi connectivity index (χ0n) is 17.7. The van der Waals surface area contributed by atoms with E-state index in [1.165, 1.54) is 5.56 Å². The Kier molecular flexibility index (Phi) is 10.8. The van der Waals surface area contributed by atoms with Gasteiger partial charge in [0.2, 0.25) is 0 Å². The fourth-order valence-corrected chi connectivity index (χ4v) is 3.05. The number of nitrogens with one attached hydrogen (secondary N) is 2. The molecule has 0 spiro atoms. The molecule has 1 unspecified atom stereocenters. The maximum Gasteiger partial charge on any atom is 0.191 e. The second-order valence-electron chi connectivity index (χ2n) is 7.00. The van der Waals surface area contributed by atoms with E-state index in [1.54, 1.807) is 0 Å². The second kappa shape index (κ2) is 13.3. The van der Waals surface area contributed by atoms with E-state index in [4.69, 9.17) is 19.2 Å². The highest BCUT2D eigenvalue weighted by Gasteiger charge is 2.18. The first-order chi connectivity index (χ1) is 14.2. The summed E-state index contributed by atoms with van der Waals surface area (Å²) in [4.78, 5) is 4.72. The standard InChI is InChI=1S/C23H31N3O3.HI/c1-3-24-23(25-12-14-28-20-7-5-4-6-8-20)26-16-19-10-9-18(2)15-22(19)29-21-11-13-27-17-21;/h4-10,15,21H,3,11-14,16-17H2,1-2H3,(H2,24,25,26);1H. The number of guanidine groups is 1. The summed E-state index contributed by atoms with van der Waals surface area (Å²) in [5.41, 5.74) is 2.25. The number of halogens is 1. The van der Waals surface area contributed by atoms with Gasteiger partial charge in [0.25, 0.3) is 0 Å². The van der Waals surface area contributed by atoms with Crippen LogP contribution in [-0.4, -0.2) is 45.0 Å². The first kappa shape index (κ1) is 24.3. The monoisotopic (exact) mass is 525 g/mol. The molecule has 7 heteroatoms. The van der Waals surface area contributed by atoms with Gasteiger partial charge < -0.3 is 24.8 Å². The van der Waals surface area contributed by atoms with Crippen LogP contribution in [0.4, 0.5) is 0 Å². The molecule has 1 aliphatic heterocycles. The Bertz CT molecular complexity index is 781. The van der Waals surface area contributed by atoms with Crippen LogP contribution in [0.2, 0.25) is 0 Å². The molecule has 0 bridgehead atoms. The van der Waals surface area contributed by atoms with E-state index in [-0.39, 0.29) is 30.1 Å². The lowest BCUT2D eigenvalue weighted by atomic mass is 10.1. The van der Waals surface area contributed by atoms with Crippen molar-refractivity contribution in [3.05, 3.63) is 59.7 Å². The molecule has 1 heterocycles. The predicted octanol–water partition coefficient (Wildman–Crippen LogP) is 3.91. The molecule has 1 fully saturated rings. The topological polar surface area (TPSA) is 64.1 Å². The summed E-state index contributed by atoms with van der Waals surface area (Å²) in [6.07, 6.45) is 1.06. The van der Waals surface area contributed by atoms with E-state index in [0.29, 0.717) is 26.3 Å². The average molecular weight is 525 g/mol. The van der Waals surface area contributed by atoms with Gasteiger partial charge in [0, 0.05) is 18.5 Å². The van der Waals surface area contributed by atoms with Gasteiger partial charge in [0.15, 0.2) is 5.96 Å². The molecule has 0 aliphatic carbocycles. The van der Waals surface area contributed by atoms with Gasteiger partial charge in [0.05, 0.1) is 26.3 Å². The van der Waals surface area contributed by atoms with Crippen molar-refractivity contribution in [2.75, 3.05) is 32.9 Å². The van der Waals surface area contributed by atoms with Crippen LogP contribution in [0, 0.1) is 6.92 Å². The zero-order valence-corrected chi connectivity index (χ0v) is 20.1. The van der Waals surface area contributed by atoms with Crippen molar-refractivity contribution in [1.82, 2.24) is 10.6 Å². The van der Waals surface area contributed by atoms with Crippen molar-refractivity contribution in [1.29, 1.82) is 0 Å². The minimum Gasteiger partial charge on any atom is -0.492 e. The Morgan fingerprint density at radius 2 is 2.00 bits per heavy atom. The maximum atomic E-state index is 6.17. The lowest BCUT2D eigenvalue weighted by Gasteiger charge is -2.16. The van der Waals surface area contributed by atoms with Crippen molar-refractivity contribution in [2.45, 2.75) is 32.9 Å². The van der Waals surface area contributed by atoms with Crippen LogP contribution in [-0.2, 0) is 11.3 Å². The smallest absolute Gasteiger partial charge is 0.191 e. The number of hydrogen-bond donors (Lipinski definition) is 2. The fourth-order valence-electron chi connectivity index (χ4n) is 3.05. The van der Waals surface area contributed by atoms with E-state index < -0.39 is 0 Å². The molecule has 0 radical (unpaired) electrons. The molecule has 164 valence electrons. The lowest BCUT2D eigenvalue weighted by Crippen LogP contribution is -2.39. The van der Waals surface area contributed by atoms with Crippen LogP contribution in [0.15, 0.2) is 53.5 Å². The molecule has 2 aromatic rings. The van der Waals surface area contributed by atoms with Gasteiger partial charge in [-0.05, 0) is 37.6 Å². The Morgan fingerprint density at radius 1 is 1.17 bits per heavy atom. The van der Waals surface area contributed by atoms with E-state index in [0.717, 1.165) is 42.6 Å². The van der Waals surface area contributed by atoms with Crippen molar-refractivity contribution < 1.29 is 14.2 Å². The molecule has 2 N–H and O–H groups in total. The average Bonchev–Trinajstić information content (AvgIpc) is 3.24. The van der Waals surface area contributed by atoms with Crippen LogP contribution in [0.25, 0.3) is 0 Å². The van der Waals surface area contributed by atoms with Gasteiger partial charge >= 0.3 is 0 Å². The van der Waals surface area contributed by atoms with Crippen LogP contribution in [0.3, 0.4) is 0 Å². The number of nitrogens with zero attached hydrogens (tertiary/aromatic N) is 1. The van der Waals surface area contributed by atoms with E-state index >= 15 is 0 Å². The summed E-state index contributed by atoms with van der Waals surface area (Å²) < 4.78 is 17.3. The minimum absolute atomic E-state index is 0. The molecule has 0 saturated carbocycles. The summed E-state index contributed by atoms with van der Waals surface area (Å²) in [5, 5.41) is 6.60. The van der Waals surface area contributed by atoms with E-state index in [1.807, 2.05) is 30.3 Å². The molecular weight excluding hydrogens is 493 g/mol. The third-order valence-electron chi connectivity index (χ3n) is 4.56. The predicted molar refractivity (Wildman–Crippen MR) is 131 cm³/mol. The highest BCUT2D eigenvalue weighted by atomic mass is 127. The molecule has 30 heavy (non-hydrogen) atoms. The highest BCUT2D eigenvalue weighted by Crippen LogP contribution is 2.24. The van der Waals surface area contributed by atoms with Crippen molar-refractivity contribution in [3.63, 3.8) is 0 Å². The van der Waals surface area contributed by atoms with E-state index in [2.05, 4.69) is 42.7 Å². The molecule has 2 aromatic carbocycles. The molecule has 3 rings (SSSR count). The van der Waals surface area contributed by atoms with Crippen molar-refractivity contribution >= 4 is 29.9 Å². The molecule has 6 nitrogen and oxygen atoms in total. The van der Waals surface area contributed by atoms with Crippen molar-refractivity contribution in [3.8, 4) is 11.5 Å². The Morgan fingerprint density at radius 3 is 2.73 bits per heavy atom. The van der Waals surface area contributed by atoms with Crippen LogP contribution in [0.5, 0.6) is 11.5 Å².